The first-order valence-corrected chi connectivity index (χ1v) is 35.8. The molecule has 5 aliphatic rings. The summed E-state index contributed by atoms with van der Waals surface area (Å²) in [6.45, 7) is 34.6. The van der Waals surface area contributed by atoms with Gasteiger partial charge in [0.15, 0.2) is 18.5 Å². The first kappa shape index (κ1) is 88.6. The Morgan fingerprint density at radius 3 is 1.12 bits per heavy atom. The van der Waals surface area contributed by atoms with Crippen LogP contribution in [0.5, 0.6) is 0 Å². The molecule has 0 amide bonds. The summed E-state index contributed by atoms with van der Waals surface area (Å²) in [5.74, 6) is 1.05. The lowest BCUT2D eigenvalue weighted by Crippen LogP contribution is -2.49. The van der Waals surface area contributed by atoms with Crippen LogP contribution in [0.1, 0.15) is 187 Å². The van der Waals surface area contributed by atoms with Crippen LogP contribution in [0.4, 0.5) is 0 Å². The molecule has 0 aromatic heterocycles. The number of aliphatic carboxylic acids is 1. The van der Waals surface area contributed by atoms with E-state index in [1.54, 1.807) is 0 Å². The van der Waals surface area contributed by atoms with Gasteiger partial charge in [0, 0.05) is 98.4 Å². The van der Waals surface area contributed by atoms with E-state index in [4.69, 9.17) is 76.5 Å². The van der Waals surface area contributed by atoms with Gasteiger partial charge in [0.05, 0.1) is 24.4 Å². The number of rotatable bonds is 29. The maximum Gasteiger partial charge on any atom is 0.306 e. The molecule has 25 heteroatoms. The van der Waals surface area contributed by atoms with Crippen LogP contribution in [-0.2, 0) is 118 Å². The number of aliphatic imine (C=N–C) groups is 1. The van der Waals surface area contributed by atoms with Gasteiger partial charge in [-0.15, -0.1) is 0 Å². The average molecular weight is 1430 g/mol. The van der Waals surface area contributed by atoms with Gasteiger partial charge < -0.3 is 76.5 Å². The normalized spacial score (nSPS) is 29.2. The summed E-state index contributed by atoms with van der Waals surface area (Å²) in [6, 6.07) is 19.3. The monoisotopic (exact) mass is 1430 g/mol. The number of benzene rings is 2. The van der Waals surface area contributed by atoms with E-state index >= 15 is 0 Å². The van der Waals surface area contributed by atoms with Gasteiger partial charge in [-0.25, -0.2) is 4.99 Å². The van der Waals surface area contributed by atoms with E-state index in [1.807, 2.05) is 74.5 Å². The molecular weight excluding hydrogens is 1310 g/mol. The van der Waals surface area contributed by atoms with Gasteiger partial charge in [-0.3, -0.25) is 38.4 Å². The predicted octanol–water partition coefficient (Wildman–Crippen LogP) is 11.6. The highest BCUT2D eigenvalue weighted by Crippen LogP contribution is 2.39. The number of carboxylic acid groups (broad SMARTS) is 1. The third kappa shape index (κ3) is 33.6. The van der Waals surface area contributed by atoms with E-state index in [1.165, 1.54) is 34.6 Å². The van der Waals surface area contributed by atoms with Gasteiger partial charge in [0.1, 0.15) is 45.7 Å². The number of nitrogens with zero attached hydrogens (tertiary/aromatic N) is 1. The van der Waals surface area contributed by atoms with E-state index in [-0.39, 0.29) is 172 Å². The van der Waals surface area contributed by atoms with Gasteiger partial charge >= 0.3 is 47.8 Å². The Kier molecular flexibility index (Phi) is 41.8. The quantitative estimate of drug-likeness (QED) is 0.0434. The molecule has 0 radical (unpaired) electrons. The van der Waals surface area contributed by atoms with E-state index in [9.17, 15) is 38.4 Å². The number of hydrogen-bond acceptors (Lipinski definition) is 24. The van der Waals surface area contributed by atoms with Crippen LogP contribution in [0.25, 0.3) is 0 Å². The third-order valence-corrected chi connectivity index (χ3v) is 19.6. The number of esters is 7. The molecule has 0 saturated carbocycles. The van der Waals surface area contributed by atoms with Crippen molar-refractivity contribution in [1.82, 2.24) is 0 Å². The first-order chi connectivity index (χ1) is 47.8. The fourth-order valence-electron chi connectivity index (χ4n) is 11.8. The second-order valence-electron chi connectivity index (χ2n) is 27.2. The van der Waals surface area contributed by atoms with E-state index in [0.29, 0.717) is 101 Å². The van der Waals surface area contributed by atoms with Crippen molar-refractivity contribution in [3.05, 3.63) is 71.8 Å². The lowest BCUT2D eigenvalue weighted by atomic mass is 9.79. The minimum Gasteiger partial charge on any atom is -0.481 e. The lowest BCUT2D eigenvalue weighted by Gasteiger charge is -2.43. The molecule has 20 atom stereocenters. The molecule has 2 aromatic carbocycles. The number of unbranched alkanes of at least 4 members (excludes halogenated alkanes) is 3. The Balaban J connectivity index is 0.000000335. The average Bonchev–Trinajstić information content (AvgIpc) is 1.75. The van der Waals surface area contributed by atoms with Crippen molar-refractivity contribution in [3.63, 3.8) is 0 Å². The SMILES string of the molecule is CC(=O)OCC1OC(OC(C)=O)C(C)C(C)C1C.CC(=O)OCC1O[C@@H](OCCCCC(=O)O)C(C)[C@@H](C)[C@H]1C.CC(=O)OCC1O[C@@H](OCCCCC(=O)OCc2ccccc2)C(C)[C@@H](C)[C@H]1C.CC(=O)OCC1O[C@H]2OC(C)=N[C@H]2C(C)[C@H]1C.O=C(CCCCO)OCc1ccccc1. The van der Waals surface area contributed by atoms with Crippen molar-refractivity contribution in [2.24, 2.45) is 70.1 Å². The smallest absolute Gasteiger partial charge is 0.306 e. The largest absolute Gasteiger partial charge is 0.481 e. The molecule has 11 unspecified atom stereocenters. The number of carboxylic acids is 1. The molecule has 0 spiro atoms. The van der Waals surface area contributed by atoms with Gasteiger partial charge in [0.2, 0.25) is 12.6 Å². The molecule has 2 N–H and O–H groups in total. The molecule has 0 aliphatic carbocycles. The highest BCUT2D eigenvalue weighted by Gasteiger charge is 2.47. The van der Waals surface area contributed by atoms with Crippen LogP contribution in [0.15, 0.2) is 65.7 Å². The molecule has 5 heterocycles. The molecule has 4 saturated heterocycles. The van der Waals surface area contributed by atoms with Crippen LogP contribution in [-0.4, -0.2) is 166 Å². The molecule has 101 heavy (non-hydrogen) atoms. The standard InChI is InChI=1S/C23H34O6.C16H28O6.C13H22O5.C12H19NO4.C12H16O3/c1-16-17(2)21(15-27-19(4)24)29-23(18(16)3)26-13-9-8-12-22(25)28-14-20-10-6-5-7-11-20;1-10-11(2)14(9-21-13(4)17)22-16(12(10)3)20-8-6-5-7-15(18)19;1-7-8(2)12(6-16-10(4)14)18-13(9(7)3)17-11(5)15;1-6-7(2)11-12(16-8(3)13-11)17-10(6)5-15-9(4)14;13-9-5-4-8-12(14)15-10-11-6-2-1-3-7-11/h5-7,10-11,16-18,21,23H,8-9,12-15H2,1-4H3;10-12,14,16H,5-9H2,1-4H3,(H,18,19);7-9,12-13H,6H2,1-5H3;6-7,10-12H,5H2,1-4H3;1-3,6-7,13H,4-5,8-10H2/t16-,17+,18?,21?,23+;10-,11+,12?,14?,16+;;6-,7?,10?,11+,12-;/m00.1./s1. The van der Waals surface area contributed by atoms with E-state index < -0.39 is 12.3 Å². The summed E-state index contributed by atoms with van der Waals surface area (Å²) in [6.07, 6.45) is 2.78. The lowest BCUT2D eigenvalue weighted by molar-refractivity contribution is -0.255. The topological polar surface area (TPSA) is 319 Å². The van der Waals surface area contributed by atoms with Crippen LogP contribution in [0.2, 0.25) is 0 Å². The van der Waals surface area contributed by atoms with Crippen molar-refractivity contribution in [2.75, 3.05) is 46.2 Å². The van der Waals surface area contributed by atoms with Gasteiger partial charge in [-0.2, -0.15) is 0 Å². The molecular formula is C76H119NO24. The molecule has 7 rings (SSSR count). The Morgan fingerprint density at radius 2 is 0.752 bits per heavy atom. The number of hydrogen-bond donors (Lipinski definition) is 2. The Bertz CT molecular complexity index is 2790. The molecule has 2 aromatic rings. The number of fused-ring (bicyclic) bond motifs is 1. The van der Waals surface area contributed by atoms with Crippen LogP contribution < -0.4 is 0 Å². The fourth-order valence-corrected chi connectivity index (χ4v) is 11.8. The molecule has 4 fully saturated rings. The summed E-state index contributed by atoms with van der Waals surface area (Å²) in [7, 11) is 0. The van der Waals surface area contributed by atoms with Gasteiger partial charge in [0.25, 0.3) is 0 Å². The van der Waals surface area contributed by atoms with Crippen molar-refractivity contribution >= 4 is 53.7 Å². The highest BCUT2D eigenvalue weighted by atomic mass is 16.7. The minimum absolute atomic E-state index is 0.0681. The van der Waals surface area contributed by atoms with Crippen molar-refractivity contribution < 1.29 is 115 Å². The predicted molar refractivity (Wildman–Crippen MR) is 372 cm³/mol. The highest BCUT2D eigenvalue weighted by molar-refractivity contribution is 5.75. The summed E-state index contributed by atoms with van der Waals surface area (Å²) in [5.41, 5.74) is 1.98. The second kappa shape index (κ2) is 47.6. The zero-order valence-corrected chi connectivity index (χ0v) is 62.9. The summed E-state index contributed by atoms with van der Waals surface area (Å²) < 4.78 is 76.5. The maximum atomic E-state index is 11.9. The third-order valence-electron chi connectivity index (χ3n) is 19.6. The fraction of sp³-hybridized carbons (Fsp3) is 0.724. The maximum absolute atomic E-state index is 11.9. The number of ether oxygens (including phenoxy) is 14. The number of carbonyl (C=O) groups is 8. The molecule has 0 bridgehead atoms. The van der Waals surface area contributed by atoms with Crippen LogP contribution >= 0.6 is 0 Å². The minimum atomic E-state index is -0.786. The van der Waals surface area contributed by atoms with Crippen molar-refractivity contribution in [3.8, 4) is 0 Å². The Morgan fingerprint density at radius 1 is 0.406 bits per heavy atom. The summed E-state index contributed by atoms with van der Waals surface area (Å²) in [4.78, 5) is 92.7. The molecule has 25 nitrogen and oxygen atoms in total. The van der Waals surface area contributed by atoms with Gasteiger partial charge in [-0.1, -0.05) is 137 Å². The summed E-state index contributed by atoms with van der Waals surface area (Å²) >= 11 is 0. The van der Waals surface area contributed by atoms with Gasteiger partial charge in [-0.05, 0) is 97.0 Å². The summed E-state index contributed by atoms with van der Waals surface area (Å²) in [5, 5.41) is 17.1. The first-order valence-electron chi connectivity index (χ1n) is 35.8. The van der Waals surface area contributed by atoms with Crippen molar-refractivity contribution in [2.45, 2.75) is 244 Å². The van der Waals surface area contributed by atoms with Crippen LogP contribution in [0.3, 0.4) is 0 Å². The Hall–Kier alpha value is -6.61. The second-order valence-corrected chi connectivity index (χ2v) is 27.2. The number of aliphatic hydroxyl groups is 1. The molecule has 5 aliphatic heterocycles. The number of aliphatic hydroxyl groups excluding tert-OH is 1. The van der Waals surface area contributed by atoms with Crippen LogP contribution in [0, 0.1) is 65.1 Å². The van der Waals surface area contributed by atoms with E-state index in [0.717, 1.165) is 17.5 Å². The zero-order chi connectivity index (χ0) is 75.3. The Labute approximate surface area is 598 Å². The van der Waals surface area contributed by atoms with Crippen molar-refractivity contribution in [1.29, 1.82) is 0 Å². The van der Waals surface area contributed by atoms with E-state index in [2.05, 4.69) is 74.2 Å². The number of carbonyl (C=O) groups excluding carboxylic acids is 7. The molecule has 572 valence electrons. The zero-order valence-electron chi connectivity index (χ0n) is 62.9.